The Morgan fingerprint density at radius 2 is 1.86 bits per heavy atom. The molecule has 3 aromatic rings. The molecule has 0 spiro atoms. The summed E-state index contributed by atoms with van der Waals surface area (Å²) in [4.78, 5) is 36.7. The molecule has 0 atom stereocenters. The largest absolute Gasteiger partial charge is 0.369 e. The number of nitrogens with one attached hydrogen (secondary N) is 1. The number of aryl methyl sites for hydroxylation is 1. The zero-order valence-electron chi connectivity index (χ0n) is 15.4. The van der Waals surface area contributed by atoms with Gasteiger partial charge in [-0.3, -0.25) is 14.4 Å². The summed E-state index contributed by atoms with van der Waals surface area (Å²) >= 11 is 1.16. The lowest BCUT2D eigenvalue weighted by Crippen LogP contribution is -2.27. The molecular weight excluding hydrogens is 395 g/mol. The van der Waals surface area contributed by atoms with Gasteiger partial charge in [-0.25, -0.2) is 9.07 Å². The minimum absolute atomic E-state index is 0.0375. The Morgan fingerprint density at radius 1 is 1.17 bits per heavy atom. The van der Waals surface area contributed by atoms with Crippen LogP contribution in [0.15, 0.2) is 64.3 Å². The molecule has 1 heterocycles. The topological polar surface area (TPSA) is 107 Å². The van der Waals surface area contributed by atoms with E-state index in [2.05, 4.69) is 10.4 Å². The van der Waals surface area contributed by atoms with Crippen LogP contribution < -0.4 is 16.5 Å². The number of hydrogen-bond donors (Lipinski definition) is 2. The highest BCUT2D eigenvalue weighted by Gasteiger charge is 2.18. The third-order valence-corrected chi connectivity index (χ3v) is 5.00. The van der Waals surface area contributed by atoms with E-state index >= 15 is 0 Å². The van der Waals surface area contributed by atoms with Crippen molar-refractivity contribution >= 4 is 29.3 Å². The molecule has 0 aliphatic carbocycles. The van der Waals surface area contributed by atoms with Gasteiger partial charge in [0.15, 0.2) is 5.69 Å². The average molecular weight is 412 g/mol. The van der Waals surface area contributed by atoms with Crippen LogP contribution in [0.3, 0.4) is 0 Å². The highest BCUT2D eigenvalue weighted by molar-refractivity contribution is 8.00. The molecule has 2 aromatic carbocycles. The molecule has 2 amide bonds. The lowest BCUT2D eigenvalue weighted by atomic mass is 10.2. The fourth-order valence-corrected chi connectivity index (χ4v) is 3.35. The van der Waals surface area contributed by atoms with Crippen molar-refractivity contribution < 1.29 is 14.0 Å². The number of rotatable bonds is 6. The Labute approximate surface area is 169 Å². The number of nitrogens with zero attached hydrogens (tertiary/aromatic N) is 2. The maximum atomic E-state index is 14.2. The summed E-state index contributed by atoms with van der Waals surface area (Å²) in [6.45, 7) is 1.60. The number of anilines is 1. The number of hydrogen-bond acceptors (Lipinski definition) is 5. The second kappa shape index (κ2) is 8.70. The van der Waals surface area contributed by atoms with Crippen molar-refractivity contribution in [3.05, 3.63) is 82.0 Å². The first kappa shape index (κ1) is 20.3. The monoisotopic (exact) mass is 412 g/mol. The second-order valence-electron chi connectivity index (χ2n) is 6.07. The van der Waals surface area contributed by atoms with E-state index in [1.165, 1.54) is 28.9 Å². The number of benzene rings is 2. The molecule has 9 heteroatoms. The van der Waals surface area contributed by atoms with Gasteiger partial charge >= 0.3 is 0 Å². The number of halogens is 1. The summed E-state index contributed by atoms with van der Waals surface area (Å²) in [5.74, 6) is -1.74. The maximum absolute atomic E-state index is 14.2. The predicted molar refractivity (Wildman–Crippen MR) is 109 cm³/mol. The fraction of sp³-hybridized carbons (Fsp3) is 0.100. The van der Waals surface area contributed by atoms with Crippen LogP contribution in [-0.2, 0) is 4.79 Å². The van der Waals surface area contributed by atoms with E-state index in [1.807, 2.05) is 0 Å². The molecule has 148 valence electrons. The van der Waals surface area contributed by atoms with E-state index in [9.17, 15) is 18.8 Å². The number of para-hydroxylation sites is 2. The van der Waals surface area contributed by atoms with Gasteiger partial charge in [0.1, 0.15) is 11.5 Å². The SMILES string of the molecule is Cc1cc(=O)c(C(=O)Nc2ccccc2SCC(N)=O)nn1-c1ccccc1F. The number of amides is 2. The maximum Gasteiger partial charge on any atom is 0.280 e. The van der Waals surface area contributed by atoms with E-state index in [1.54, 1.807) is 37.3 Å². The zero-order chi connectivity index (χ0) is 21.0. The quantitative estimate of drug-likeness (QED) is 0.605. The first-order chi connectivity index (χ1) is 13.9. The summed E-state index contributed by atoms with van der Waals surface area (Å²) in [7, 11) is 0. The Bertz CT molecular complexity index is 1150. The van der Waals surface area contributed by atoms with E-state index in [0.717, 1.165) is 11.8 Å². The van der Waals surface area contributed by atoms with E-state index in [-0.39, 0.29) is 17.1 Å². The number of primary amides is 1. The minimum Gasteiger partial charge on any atom is -0.369 e. The molecule has 3 N–H and O–H groups in total. The van der Waals surface area contributed by atoms with Gasteiger partial charge in [-0.15, -0.1) is 11.8 Å². The molecule has 1 aromatic heterocycles. The molecule has 0 fully saturated rings. The normalized spacial score (nSPS) is 10.6. The molecule has 7 nitrogen and oxygen atoms in total. The second-order valence-corrected chi connectivity index (χ2v) is 7.08. The van der Waals surface area contributed by atoms with Gasteiger partial charge in [0.05, 0.1) is 11.4 Å². The number of carbonyl (C=O) groups is 2. The van der Waals surface area contributed by atoms with Gasteiger partial charge < -0.3 is 11.1 Å². The van der Waals surface area contributed by atoms with Crippen LogP contribution in [0.5, 0.6) is 0 Å². The summed E-state index contributed by atoms with van der Waals surface area (Å²) in [5.41, 5.74) is 5.11. The van der Waals surface area contributed by atoms with Gasteiger partial charge in [0.2, 0.25) is 11.3 Å². The van der Waals surface area contributed by atoms with Crippen molar-refractivity contribution in [1.29, 1.82) is 0 Å². The first-order valence-electron chi connectivity index (χ1n) is 8.54. The molecule has 0 saturated carbocycles. The van der Waals surface area contributed by atoms with Crippen molar-refractivity contribution in [3.8, 4) is 5.69 Å². The Hall–Kier alpha value is -3.46. The van der Waals surface area contributed by atoms with Crippen LogP contribution in [0.2, 0.25) is 0 Å². The third-order valence-electron chi connectivity index (χ3n) is 3.91. The predicted octanol–water partition coefficient (Wildman–Crippen LogP) is 2.51. The third kappa shape index (κ3) is 4.69. The fourth-order valence-electron chi connectivity index (χ4n) is 2.60. The lowest BCUT2D eigenvalue weighted by molar-refractivity contribution is -0.115. The van der Waals surface area contributed by atoms with Crippen LogP contribution in [0.25, 0.3) is 5.69 Å². The Balaban J connectivity index is 1.95. The highest BCUT2D eigenvalue weighted by Crippen LogP contribution is 2.27. The number of nitrogens with two attached hydrogens (primary N) is 1. The molecule has 0 aliphatic rings. The van der Waals surface area contributed by atoms with E-state index in [0.29, 0.717) is 16.3 Å². The minimum atomic E-state index is -0.743. The molecule has 0 bridgehead atoms. The number of carbonyl (C=O) groups excluding carboxylic acids is 2. The number of thioether (sulfide) groups is 1. The van der Waals surface area contributed by atoms with Gasteiger partial charge in [0, 0.05) is 16.7 Å². The summed E-state index contributed by atoms with van der Waals surface area (Å²) < 4.78 is 15.4. The van der Waals surface area contributed by atoms with Crippen LogP contribution in [0.1, 0.15) is 16.2 Å². The average Bonchev–Trinajstić information content (AvgIpc) is 2.68. The van der Waals surface area contributed by atoms with Crippen LogP contribution in [0.4, 0.5) is 10.1 Å². The smallest absolute Gasteiger partial charge is 0.280 e. The van der Waals surface area contributed by atoms with Crippen molar-refractivity contribution in [3.63, 3.8) is 0 Å². The molecule has 0 aliphatic heterocycles. The number of aromatic nitrogens is 2. The van der Waals surface area contributed by atoms with Crippen molar-refractivity contribution in [2.24, 2.45) is 5.73 Å². The van der Waals surface area contributed by atoms with Crippen LogP contribution >= 0.6 is 11.8 Å². The van der Waals surface area contributed by atoms with Crippen molar-refractivity contribution in [2.45, 2.75) is 11.8 Å². The van der Waals surface area contributed by atoms with Crippen LogP contribution in [-0.4, -0.2) is 27.3 Å². The molecule has 0 unspecified atom stereocenters. The van der Waals surface area contributed by atoms with Gasteiger partial charge in [-0.05, 0) is 31.2 Å². The zero-order valence-corrected chi connectivity index (χ0v) is 16.2. The molecule has 0 radical (unpaired) electrons. The van der Waals surface area contributed by atoms with E-state index < -0.39 is 23.1 Å². The lowest BCUT2D eigenvalue weighted by Gasteiger charge is -2.13. The Kier molecular flexibility index (Phi) is 6.08. The summed E-state index contributed by atoms with van der Waals surface area (Å²) in [5, 5.41) is 6.70. The Morgan fingerprint density at radius 3 is 2.59 bits per heavy atom. The summed E-state index contributed by atoms with van der Waals surface area (Å²) in [6.07, 6.45) is 0. The van der Waals surface area contributed by atoms with Crippen molar-refractivity contribution in [1.82, 2.24) is 9.78 Å². The first-order valence-corrected chi connectivity index (χ1v) is 9.52. The van der Waals surface area contributed by atoms with E-state index in [4.69, 9.17) is 5.73 Å². The van der Waals surface area contributed by atoms with Crippen molar-refractivity contribution in [2.75, 3.05) is 11.1 Å². The standard InChI is InChI=1S/C20H17FN4O3S/c1-12-10-16(26)19(24-25(12)15-8-4-2-6-13(15)21)20(28)23-14-7-3-5-9-17(14)29-11-18(22)27/h2-10H,11H2,1H3,(H2,22,27)(H,23,28). The van der Waals surface area contributed by atoms with Gasteiger partial charge in [-0.2, -0.15) is 5.10 Å². The molecule has 29 heavy (non-hydrogen) atoms. The molecular formula is C20H17FN4O3S. The molecule has 3 rings (SSSR count). The van der Waals surface area contributed by atoms with Crippen LogP contribution in [0, 0.1) is 12.7 Å². The molecule has 0 saturated heterocycles. The summed E-state index contributed by atoms with van der Waals surface area (Å²) in [6, 6.07) is 13.9. The van der Waals surface area contributed by atoms with Gasteiger partial charge in [-0.1, -0.05) is 24.3 Å². The van der Waals surface area contributed by atoms with Gasteiger partial charge in [0.25, 0.3) is 5.91 Å². The highest BCUT2D eigenvalue weighted by atomic mass is 32.2.